The minimum absolute atomic E-state index is 0.0700. The van der Waals surface area contributed by atoms with Crippen LogP contribution in [0.15, 0.2) is 38.8 Å². The number of ether oxygens (including phenoxy) is 2. The second-order valence-corrected chi connectivity index (χ2v) is 6.02. The third-order valence-corrected chi connectivity index (χ3v) is 4.30. The van der Waals surface area contributed by atoms with Gasteiger partial charge in [-0.3, -0.25) is 19.7 Å². The molecule has 0 aliphatic carbocycles. The van der Waals surface area contributed by atoms with Crippen LogP contribution < -0.4 is 16.0 Å². The lowest BCUT2D eigenvalue weighted by atomic mass is 10.2. The fraction of sp³-hybridized carbons (Fsp3) is 0.389. The average Bonchev–Trinajstić information content (AvgIpc) is 2.68. The Bertz CT molecular complexity index is 928. The minimum Gasteiger partial charge on any atom is -0.497 e. The quantitative estimate of drug-likeness (QED) is 0.689. The first kappa shape index (κ1) is 18.9. The molecule has 144 valence electrons. The number of methoxy groups -OCH3 is 1. The molecule has 0 spiro atoms. The molecule has 0 unspecified atom stereocenters. The van der Waals surface area contributed by atoms with Crippen molar-refractivity contribution in [3.63, 3.8) is 0 Å². The van der Waals surface area contributed by atoms with Crippen LogP contribution in [0.5, 0.6) is 11.6 Å². The minimum atomic E-state index is -0.740. The second kappa shape index (κ2) is 8.65. The van der Waals surface area contributed by atoms with Gasteiger partial charge < -0.3 is 14.6 Å². The van der Waals surface area contributed by atoms with Crippen molar-refractivity contribution >= 4 is 6.21 Å². The molecule has 1 aliphatic rings. The summed E-state index contributed by atoms with van der Waals surface area (Å²) in [4.78, 5) is 32.9. The number of benzene rings is 1. The second-order valence-electron chi connectivity index (χ2n) is 6.02. The third-order valence-electron chi connectivity index (χ3n) is 4.30. The number of hydrogen-bond acceptors (Lipinski definition) is 7. The van der Waals surface area contributed by atoms with Crippen molar-refractivity contribution in [1.29, 1.82) is 0 Å². The van der Waals surface area contributed by atoms with Gasteiger partial charge in [-0.15, -0.1) is 0 Å². The summed E-state index contributed by atoms with van der Waals surface area (Å²) in [6.45, 7) is 4.31. The van der Waals surface area contributed by atoms with Crippen molar-refractivity contribution in [2.75, 3.05) is 46.5 Å². The van der Waals surface area contributed by atoms with Gasteiger partial charge in [0, 0.05) is 31.9 Å². The molecule has 9 nitrogen and oxygen atoms in total. The van der Waals surface area contributed by atoms with E-state index < -0.39 is 17.1 Å². The number of rotatable bonds is 6. The van der Waals surface area contributed by atoms with Gasteiger partial charge in [0.15, 0.2) is 0 Å². The van der Waals surface area contributed by atoms with Crippen molar-refractivity contribution in [1.82, 2.24) is 14.5 Å². The van der Waals surface area contributed by atoms with Gasteiger partial charge in [-0.2, -0.15) is 0 Å². The number of aliphatic imine (C=N–C) groups is 1. The fourth-order valence-electron chi connectivity index (χ4n) is 2.82. The van der Waals surface area contributed by atoms with Gasteiger partial charge in [-0.05, 0) is 12.1 Å². The summed E-state index contributed by atoms with van der Waals surface area (Å²) in [5, 5.41) is 10.5. The molecule has 0 saturated carbocycles. The van der Waals surface area contributed by atoms with Crippen molar-refractivity contribution in [2.24, 2.45) is 4.99 Å². The molecule has 1 aliphatic heterocycles. The first-order valence-corrected chi connectivity index (χ1v) is 8.63. The Labute approximate surface area is 155 Å². The highest BCUT2D eigenvalue weighted by Gasteiger charge is 2.15. The van der Waals surface area contributed by atoms with Gasteiger partial charge in [0.25, 0.3) is 5.56 Å². The van der Waals surface area contributed by atoms with E-state index in [2.05, 4.69) is 14.9 Å². The molecule has 1 saturated heterocycles. The molecule has 2 N–H and O–H groups in total. The summed E-state index contributed by atoms with van der Waals surface area (Å²) < 4.78 is 11.4. The van der Waals surface area contributed by atoms with E-state index in [1.807, 2.05) is 0 Å². The Balaban J connectivity index is 1.84. The third kappa shape index (κ3) is 4.44. The Hall–Kier alpha value is -2.91. The monoisotopic (exact) mass is 374 g/mol. The SMILES string of the molecule is COc1cccc(-n2c(O)c(C=NCCN3CCOCC3)c(=O)[nH]c2=O)c1. The number of nitrogens with one attached hydrogen (secondary N) is 1. The summed E-state index contributed by atoms with van der Waals surface area (Å²) in [6.07, 6.45) is 1.30. The molecule has 0 atom stereocenters. The molecule has 0 radical (unpaired) electrons. The first-order chi connectivity index (χ1) is 13.1. The van der Waals surface area contributed by atoms with Gasteiger partial charge >= 0.3 is 5.69 Å². The topological polar surface area (TPSA) is 109 Å². The lowest BCUT2D eigenvalue weighted by Crippen LogP contribution is -2.37. The van der Waals surface area contributed by atoms with E-state index >= 15 is 0 Å². The van der Waals surface area contributed by atoms with Gasteiger partial charge in [-0.25, -0.2) is 9.36 Å². The zero-order valence-corrected chi connectivity index (χ0v) is 15.1. The molecule has 3 rings (SSSR count). The summed E-state index contributed by atoms with van der Waals surface area (Å²) in [6, 6.07) is 6.60. The highest BCUT2D eigenvalue weighted by Crippen LogP contribution is 2.19. The van der Waals surface area contributed by atoms with Crippen molar-refractivity contribution < 1.29 is 14.6 Å². The van der Waals surface area contributed by atoms with Crippen LogP contribution in [0.1, 0.15) is 5.56 Å². The Morgan fingerprint density at radius 2 is 2.11 bits per heavy atom. The first-order valence-electron chi connectivity index (χ1n) is 8.63. The maximum absolute atomic E-state index is 12.2. The van der Waals surface area contributed by atoms with E-state index in [0.29, 0.717) is 31.2 Å². The van der Waals surface area contributed by atoms with E-state index in [4.69, 9.17) is 9.47 Å². The molecule has 9 heteroatoms. The largest absolute Gasteiger partial charge is 0.497 e. The molecule has 2 aromatic rings. The van der Waals surface area contributed by atoms with Crippen LogP contribution in [0.4, 0.5) is 0 Å². The van der Waals surface area contributed by atoms with E-state index in [1.54, 1.807) is 24.3 Å². The van der Waals surface area contributed by atoms with Crippen LogP contribution in [0.2, 0.25) is 0 Å². The fourth-order valence-corrected chi connectivity index (χ4v) is 2.82. The number of nitrogens with zero attached hydrogens (tertiary/aromatic N) is 3. The van der Waals surface area contributed by atoms with Gasteiger partial charge in [0.05, 0.1) is 32.6 Å². The Morgan fingerprint density at radius 3 is 2.85 bits per heavy atom. The van der Waals surface area contributed by atoms with Crippen LogP contribution in [0.3, 0.4) is 0 Å². The smallest absolute Gasteiger partial charge is 0.335 e. The van der Waals surface area contributed by atoms with Crippen LogP contribution >= 0.6 is 0 Å². The zero-order chi connectivity index (χ0) is 19.2. The zero-order valence-electron chi connectivity index (χ0n) is 15.1. The van der Waals surface area contributed by atoms with Crippen LogP contribution in [-0.2, 0) is 4.74 Å². The van der Waals surface area contributed by atoms with Crippen molar-refractivity contribution in [3.8, 4) is 17.3 Å². The highest BCUT2D eigenvalue weighted by atomic mass is 16.5. The lowest BCUT2D eigenvalue weighted by Gasteiger charge is -2.25. The number of hydrogen-bond donors (Lipinski definition) is 2. The van der Waals surface area contributed by atoms with Crippen molar-refractivity contribution in [2.45, 2.75) is 0 Å². The molecule has 2 heterocycles. The molecule has 1 aromatic carbocycles. The number of aromatic nitrogens is 2. The maximum atomic E-state index is 12.2. The standard InChI is InChI=1S/C18H22N4O5/c1-26-14-4-2-3-13(11-14)22-17(24)15(16(23)20-18(22)25)12-19-5-6-21-7-9-27-10-8-21/h2-4,11-12,24H,5-10H2,1H3,(H,20,23,25). The summed E-state index contributed by atoms with van der Waals surface area (Å²) in [5.74, 6) is 0.0536. The highest BCUT2D eigenvalue weighted by molar-refractivity contribution is 5.82. The maximum Gasteiger partial charge on any atom is 0.335 e. The van der Waals surface area contributed by atoms with Crippen LogP contribution in [0, 0.1) is 0 Å². The summed E-state index contributed by atoms with van der Waals surface area (Å²) in [5.41, 5.74) is -1.13. The molecule has 1 fully saturated rings. The van der Waals surface area contributed by atoms with Gasteiger partial charge in [-0.1, -0.05) is 6.07 Å². The molecule has 27 heavy (non-hydrogen) atoms. The molecule has 0 bridgehead atoms. The van der Waals surface area contributed by atoms with E-state index in [0.717, 1.165) is 24.2 Å². The summed E-state index contributed by atoms with van der Waals surface area (Å²) >= 11 is 0. The number of aromatic amines is 1. The predicted octanol–water partition coefficient (Wildman–Crippen LogP) is -0.00890. The van der Waals surface area contributed by atoms with Gasteiger partial charge in [0.2, 0.25) is 5.88 Å². The lowest BCUT2D eigenvalue weighted by molar-refractivity contribution is 0.0395. The van der Waals surface area contributed by atoms with Crippen molar-refractivity contribution in [3.05, 3.63) is 50.7 Å². The number of morpholine rings is 1. The summed E-state index contributed by atoms with van der Waals surface area (Å²) in [7, 11) is 1.50. The molecular weight excluding hydrogens is 352 g/mol. The average molecular weight is 374 g/mol. The molecule has 1 aromatic heterocycles. The number of H-pyrrole nitrogens is 1. The molecular formula is C18H22N4O5. The van der Waals surface area contributed by atoms with Crippen LogP contribution in [0.25, 0.3) is 5.69 Å². The van der Waals surface area contributed by atoms with E-state index in [-0.39, 0.29) is 5.56 Å². The Morgan fingerprint density at radius 1 is 1.33 bits per heavy atom. The van der Waals surface area contributed by atoms with Crippen LogP contribution in [-0.4, -0.2) is 72.3 Å². The molecule has 0 amide bonds. The number of aromatic hydroxyl groups is 1. The van der Waals surface area contributed by atoms with Gasteiger partial charge in [0.1, 0.15) is 11.3 Å². The normalized spacial score (nSPS) is 15.3. The van der Waals surface area contributed by atoms with E-state index in [9.17, 15) is 14.7 Å². The van der Waals surface area contributed by atoms with E-state index in [1.165, 1.54) is 13.3 Å². The predicted molar refractivity (Wildman–Crippen MR) is 101 cm³/mol. The Kier molecular flexibility index (Phi) is 6.05.